The summed E-state index contributed by atoms with van der Waals surface area (Å²) in [5.74, 6) is -0.709. The largest absolute Gasteiger partial charge is 0.573 e. The Balaban J connectivity index is 1.77. The molecule has 1 aromatic heterocycles. The van der Waals surface area contributed by atoms with Crippen molar-refractivity contribution in [3.63, 3.8) is 0 Å². The number of rotatable bonds is 4. The summed E-state index contributed by atoms with van der Waals surface area (Å²) in [6, 6.07) is 10.6. The molecule has 3 rings (SSSR count). The number of halogens is 3. The normalized spacial score (nSPS) is 11.5. The average Bonchev–Trinajstić information content (AvgIpc) is 2.96. The van der Waals surface area contributed by atoms with E-state index in [1.807, 2.05) is 0 Å². The Morgan fingerprint density at radius 1 is 1.16 bits per heavy atom. The van der Waals surface area contributed by atoms with E-state index >= 15 is 0 Å². The minimum absolute atomic E-state index is 0.274. The van der Waals surface area contributed by atoms with E-state index in [-0.39, 0.29) is 5.75 Å². The third-order valence-electron chi connectivity index (χ3n) is 3.47. The lowest BCUT2D eigenvalue weighted by atomic mass is 10.1. The van der Waals surface area contributed by atoms with Crippen molar-refractivity contribution in [1.82, 2.24) is 9.78 Å². The van der Waals surface area contributed by atoms with Crippen LogP contribution < -0.4 is 4.74 Å². The van der Waals surface area contributed by atoms with Crippen LogP contribution in [0.25, 0.3) is 10.9 Å². The number of benzene rings is 2. The molecule has 0 saturated heterocycles. The third-order valence-corrected chi connectivity index (χ3v) is 3.47. The molecule has 0 radical (unpaired) electrons. The Morgan fingerprint density at radius 3 is 2.52 bits per heavy atom. The Morgan fingerprint density at radius 2 is 1.88 bits per heavy atom. The van der Waals surface area contributed by atoms with Crippen LogP contribution in [0.4, 0.5) is 13.2 Å². The molecule has 2 aromatic carbocycles. The molecular weight excluding hydrogens is 337 g/mol. The number of carbonyl (C=O) groups excluding carboxylic acids is 1. The van der Waals surface area contributed by atoms with E-state index in [4.69, 9.17) is 0 Å². The van der Waals surface area contributed by atoms with Crippen LogP contribution in [0.5, 0.6) is 5.75 Å². The molecule has 0 unspecified atom stereocenters. The number of hydrogen-bond donors (Lipinski definition) is 0. The van der Waals surface area contributed by atoms with Crippen molar-refractivity contribution in [1.29, 1.82) is 0 Å². The van der Waals surface area contributed by atoms with Gasteiger partial charge in [-0.1, -0.05) is 12.1 Å². The first-order valence-corrected chi connectivity index (χ1v) is 7.24. The minimum atomic E-state index is -4.71. The van der Waals surface area contributed by atoms with Crippen LogP contribution in [0.15, 0.2) is 48.7 Å². The van der Waals surface area contributed by atoms with E-state index in [1.54, 1.807) is 29.1 Å². The molecule has 130 valence electrons. The van der Waals surface area contributed by atoms with E-state index in [9.17, 15) is 18.0 Å². The summed E-state index contributed by atoms with van der Waals surface area (Å²) in [7, 11) is 1.31. The van der Waals surface area contributed by atoms with Gasteiger partial charge in [0.1, 0.15) is 5.75 Å². The first-order chi connectivity index (χ1) is 11.8. The highest BCUT2D eigenvalue weighted by atomic mass is 19.4. The molecule has 3 aromatic rings. The molecule has 0 aliphatic carbocycles. The van der Waals surface area contributed by atoms with Crippen LogP contribution in [-0.4, -0.2) is 29.2 Å². The summed E-state index contributed by atoms with van der Waals surface area (Å²) >= 11 is 0. The fourth-order valence-electron chi connectivity index (χ4n) is 2.39. The molecule has 25 heavy (non-hydrogen) atoms. The van der Waals surface area contributed by atoms with Gasteiger partial charge in [0.05, 0.1) is 24.7 Å². The van der Waals surface area contributed by atoms with Crippen molar-refractivity contribution in [3.8, 4) is 5.75 Å². The molecule has 0 amide bonds. The summed E-state index contributed by atoms with van der Waals surface area (Å²) in [5.41, 5.74) is 1.88. The summed E-state index contributed by atoms with van der Waals surface area (Å²) in [6.45, 7) is 0.370. The van der Waals surface area contributed by atoms with Crippen molar-refractivity contribution < 1.29 is 27.4 Å². The first kappa shape index (κ1) is 16.8. The molecule has 0 aliphatic heterocycles. The quantitative estimate of drug-likeness (QED) is 0.672. The predicted octanol–water partition coefficient (Wildman–Crippen LogP) is 3.77. The third kappa shape index (κ3) is 4.09. The lowest BCUT2D eigenvalue weighted by Crippen LogP contribution is -2.17. The highest BCUT2D eigenvalue weighted by Crippen LogP contribution is 2.23. The number of aromatic nitrogens is 2. The van der Waals surface area contributed by atoms with Gasteiger partial charge >= 0.3 is 12.3 Å². The Bertz CT molecular complexity index is 902. The second-order valence-corrected chi connectivity index (χ2v) is 5.28. The number of ether oxygens (including phenoxy) is 2. The standard InChI is InChI=1S/C17H13F3N2O3/c1-24-16(23)12-4-7-15-13(8-12)10-22(21-15)9-11-2-5-14(6-3-11)25-17(18,19)20/h2-8,10H,9H2,1H3. The molecule has 0 bridgehead atoms. The van der Waals surface area contributed by atoms with Gasteiger partial charge in [-0.15, -0.1) is 13.2 Å². The Labute approximate surface area is 140 Å². The molecule has 5 nitrogen and oxygen atoms in total. The Hall–Kier alpha value is -3.03. The van der Waals surface area contributed by atoms with Crippen molar-refractivity contribution in [2.45, 2.75) is 12.9 Å². The number of alkyl halides is 3. The summed E-state index contributed by atoms with van der Waals surface area (Å²) < 4.78 is 46.6. The van der Waals surface area contributed by atoms with Crippen LogP contribution in [0.2, 0.25) is 0 Å². The van der Waals surface area contributed by atoms with Crippen LogP contribution in [0.3, 0.4) is 0 Å². The van der Waals surface area contributed by atoms with Crippen molar-refractivity contribution >= 4 is 16.9 Å². The first-order valence-electron chi connectivity index (χ1n) is 7.24. The summed E-state index contributed by atoms with van der Waals surface area (Å²) in [4.78, 5) is 11.5. The van der Waals surface area contributed by atoms with Crippen molar-refractivity contribution in [2.75, 3.05) is 7.11 Å². The molecule has 0 fully saturated rings. The van der Waals surface area contributed by atoms with Gasteiger partial charge in [0, 0.05) is 11.6 Å². The number of methoxy groups -OCH3 is 1. The smallest absolute Gasteiger partial charge is 0.465 e. The van der Waals surface area contributed by atoms with Gasteiger partial charge < -0.3 is 9.47 Å². The number of fused-ring (bicyclic) bond motifs is 1. The number of esters is 1. The molecule has 0 N–H and O–H groups in total. The zero-order chi connectivity index (χ0) is 18.0. The SMILES string of the molecule is COC(=O)c1ccc2nn(Cc3ccc(OC(F)(F)F)cc3)cc2c1. The lowest BCUT2D eigenvalue weighted by molar-refractivity contribution is -0.274. The molecular formula is C17H13F3N2O3. The van der Waals surface area contributed by atoms with Crippen molar-refractivity contribution in [3.05, 3.63) is 59.8 Å². The second kappa shape index (κ2) is 6.46. The van der Waals surface area contributed by atoms with Gasteiger partial charge in [0.25, 0.3) is 0 Å². The van der Waals surface area contributed by atoms with E-state index in [1.165, 1.54) is 31.4 Å². The van der Waals surface area contributed by atoms with Crippen LogP contribution in [0, 0.1) is 0 Å². The highest BCUT2D eigenvalue weighted by molar-refractivity contribution is 5.94. The van der Waals surface area contributed by atoms with Crippen LogP contribution >= 0.6 is 0 Å². The topological polar surface area (TPSA) is 53.3 Å². The molecule has 0 spiro atoms. The van der Waals surface area contributed by atoms with Gasteiger partial charge in [-0.2, -0.15) is 5.10 Å². The maximum atomic E-state index is 12.2. The van der Waals surface area contributed by atoms with Crippen molar-refractivity contribution in [2.24, 2.45) is 0 Å². The van der Waals surface area contributed by atoms with Gasteiger partial charge in [-0.25, -0.2) is 4.79 Å². The van der Waals surface area contributed by atoms with Gasteiger partial charge in [-0.3, -0.25) is 4.68 Å². The maximum Gasteiger partial charge on any atom is 0.573 e. The number of nitrogens with zero attached hydrogens (tertiary/aromatic N) is 2. The number of carbonyl (C=O) groups is 1. The van der Waals surface area contributed by atoms with Crippen LogP contribution in [-0.2, 0) is 11.3 Å². The predicted molar refractivity (Wildman–Crippen MR) is 83.3 cm³/mol. The summed E-state index contributed by atoms with van der Waals surface area (Å²) in [6.07, 6.45) is -2.96. The zero-order valence-corrected chi connectivity index (χ0v) is 13.1. The molecule has 0 atom stereocenters. The lowest BCUT2D eigenvalue weighted by Gasteiger charge is -2.09. The van der Waals surface area contributed by atoms with Gasteiger partial charge in [-0.05, 0) is 35.9 Å². The monoisotopic (exact) mass is 350 g/mol. The maximum absolute atomic E-state index is 12.2. The fourth-order valence-corrected chi connectivity index (χ4v) is 2.39. The van der Waals surface area contributed by atoms with E-state index in [0.717, 1.165) is 10.9 Å². The molecule has 1 heterocycles. The zero-order valence-electron chi connectivity index (χ0n) is 13.1. The summed E-state index contributed by atoms with van der Waals surface area (Å²) in [5, 5.41) is 5.13. The highest BCUT2D eigenvalue weighted by Gasteiger charge is 2.30. The van der Waals surface area contributed by atoms with Gasteiger partial charge in [0.15, 0.2) is 0 Å². The van der Waals surface area contributed by atoms with E-state index < -0.39 is 12.3 Å². The van der Waals surface area contributed by atoms with E-state index in [2.05, 4.69) is 14.6 Å². The molecule has 0 saturated carbocycles. The second-order valence-electron chi connectivity index (χ2n) is 5.28. The van der Waals surface area contributed by atoms with Crippen LogP contribution in [0.1, 0.15) is 15.9 Å². The fraction of sp³-hybridized carbons (Fsp3) is 0.176. The minimum Gasteiger partial charge on any atom is -0.465 e. The Kier molecular flexibility index (Phi) is 4.35. The van der Waals surface area contributed by atoms with E-state index in [0.29, 0.717) is 17.6 Å². The number of hydrogen-bond acceptors (Lipinski definition) is 4. The van der Waals surface area contributed by atoms with Gasteiger partial charge in [0.2, 0.25) is 0 Å². The molecule has 8 heteroatoms. The average molecular weight is 350 g/mol. The molecule has 0 aliphatic rings.